The predicted molar refractivity (Wildman–Crippen MR) is 98.9 cm³/mol. The second-order valence-electron chi connectivity index (χ2n) is 5.82. The number of pyridine rings is 1. The van der Waals surface area contributed by atoms with Crippen LogP contribution in [0, 0.1) is 0 Å². The number of rotatable bonds is 4. The molecule has 1 N–H and O–H groups in total. The van der Waals surface area contributed by atoms with E-state index in [4.69, 9.17) is 16.3 Å². The van der Waals surface area contributed by atoms with E-state index in [-0.39, 0.29) is 11.6 Å². The molecular formula is C17H19ClN6O3. The van der Waals surface area contributed by atoms with Crippen LogP contribution in [-0.2, 0) is 0 Å². The van der Waals surface area contributed by atoms with Crippen molar-refractivity contribution in [1.29, 1.82) is 0 Å². The number of nitrogens with zero attached hydrogens (tertiary/aromatic N) is 5. The Labute approximate surface area is 161 Å². The van der Waals surface area contributed by atoms with Crippen LogP contribution in [0.2, 0.25) is 5.02 Å². The second kappa shape index (κ2) is 8.74. The van der Waals surface area contributed by atoms with Crippen molar-refractivity contribution >= 4 is 29.4 Å². The molecule has 1 aliphatic rings. The van der Waals surface area contributed by atoms with E-state index >= 15 is 0 Å². The van der Waals surface area contributed by atoms with Crippen LogP contribution in [0.5, 0.6) is 5.88 Å². The molecule has 0 radical (unpaired) electrons. The minimum atomic E-state index is -0.587. The van der Waals surface area contributed by atoms with Crippen LogP contribution in [0.3, 0.4) is 0 Å². The van der Waals surface area contributed by atoms with Gasteiger partial charge in [-0.2, -0.15) is 0 Å². The number of halogens is 1. The Morgan fingerprint density at radius 3 is 2.56 bits per heavy atom. The molecular weight excluding hydrogens is 372 g/mol. The van der Waals surface area contributed by atoms with Crippen LogP contribution < -0.4 is 10.1 Å². The molecule has 0 unspecified atom stereocenters. The Morgan fingerprint density at radius 2 is 1.89 bits per heavy atom. The zero-order valence-electron chi connectivity index (χ0n) is 14.8. The number of hydrogen-bond acceptors (Lipinski definition) is 7. The number of anilines is 1. The maximum absolute atomic E-state index is 12.5. The van der Waals surface area contributed by atoms with E-state index in [0.29, 0.717) is 23.9 Å². The van der Waals surface area contributed by atoms with Gasteiger partial charge in [0, 0.05) is 44.8 Å². The van der Waals surface area contributed by atoms with E-state index in [2.05, 4.69) is 32.1 Å². The maximum Gasteiger partial charge on any atom is 0.416 e. The summed E-state index contributed by atoms with van der Waals surface area (Å²) in [6.45, 7) is 5.69. The van der Waals surface area contributed by atoms with Gasteiger partial charge in [0.2, 0.25) is 0 Å². The molecule has 3 heterocycles. The molecule has 2 amide bonds. The van der Waals surface area contributed by atoms with Gasteiger partial charge in [-0.3, -0.25) is 4.79 Å². The fraction of sp³-hybridized carbons (Fsp3) is 0.353. The van der Waals surface area contributed by atoms with Gasteiger partial charge in [-0.1, -0.05) is 18.5 Å². The Kier molecular flexibility index (Phi) is 6.15. The van der Waals surface area contributed by atoms with E-state index in [0.717, 1.165) is 19.6 Å². The highest BCUT2D eigenvalue weighted by Gasteiger charge is 2.25. The number of carbonyl (C=O) groups excluding carboxylic acids is 2. The summed E-state index contributed by atoms with van der Waals surface area (Å²) in [5, 5.41) is 3.02. The Morgan fingerprint density at radius 1 is 1.15 bits per heavy atom. The van der Waals surface area contributed by atoms with E-state index in [1.165, 1.54) is 18.6 Å². The smallest absolute Gasteiger partial charge is 0.388 e. The van der Waals surface area contributed by atoms with Gasteiger partial charge in [0.15, 0.2) is 5.69 Å². The predicted octanol–water partition coefficient (Wildman–Crippen LogP) is 1.91. The normalized spacial score (nSPS) is 14.7. The van der Waals surface area contributed by atoms with E-state index < -0.39 is 12.0 Å². The lowest BCUT2D eigenvalue weighted by Crippen LogP contribution is -2.49. The Bertz CT molecular complexity index is 809. The van der Waals surface area contributed by atoms with Crippen LogP contribution in [-0.4, -0.2) is 69.5 Å². The fourth-order valence-electron chi connectivity index (χ4n) is 2.57. The number of hydrogen-bond donors (Lipinski definition) is 1. The molecule has 9 nitrogen and oxygen atoms in total. The monoisotopic (exact) mass is 390 g/mol. The molecule has 2 aromatic rings. The van der Waals surface area contributed by atoms with Gasteiger partial charge in [-0.25, -0.2) is 19.7 Å². The van der Waals surface area contributed by atoms with Crippen molar-refractivity contribution in [2.45, 2.75) is 6.92 Å². The summed E-state index contributed by atoms with van der Waals surface area (Å²) in [4.78, 5) is 40.6. The standard InChI is InChI=1S/C17H19ClN6O3/c1-2-23-7-9-24(10-8-23)17(26)27-16-14(19-5-6-20-16)15(25)22-13-4-3-12(18)11-21-13/h3-6,11H,2,7-10H2,1H3,(H,21,22,25). The number of ether oxygens (including phenoxy) is 1. The van der Waals surface area contributed by atoms with Crippen LogP contribution >= 0.6 is 11.6 Å². The maximum atomic E-state index is 12.5. The fourth-order valence-corrected chi connectivity index (χ4v) is 2.69. The van der Waals surface area contributed by atoms with E-state index in [1.807, 2.05) is 0 Å². The van der Waals surface area contributed by atoms with Gasteiger partial charge in [-0.15, -0.1) is 0 Å². The van der Waals surface area contributed by atoms with Crippen molar-refractivity contribution in [2.24, 2.45) is 0 Å². The second-order valence-corrected chi connectivity index (χ2v) is 6.25. The van der Waals surface area contributed by atoms with Gasteiger partial charge in [0.1, 0.15) is 5.82 Å². The molecule has 0 atom stereocenters. The molecule has 0 saturated carbocycles. The molecule has 142 valence electrons. The Balaban J connectivity index is 1.67. The molecule has 0 aliphatic carbocycles. The third-order valence-electron chi connectivity index (χ3n) is 4.11. The van der Waals surface area contributed by atoms with Crippen molar-refractivity contribution in [1.82, 2.24) is 24.8 Å². The molecule has 0 bridgehead atoms. The molecule has 27 heavy (non-hydrogen) atoms. The van der Waals surface area contributed by atoms with Gasteiger partial charge < -0.3 is 19.9 Å². The SMILES string of the molecule is CCN1CCN(C(=O)Oc2nccnc2C(=O)Nc2ccc(Cl)cn2)CC1. The summed E-state index contributed by atoms with van der Waals surface area (Å²) >= 11 is 5.78. The molecule has 1 fully saturated rings. The summed E-state index contributed by atoms with van der Waals surface area (Å²) in [6.07, 6.45) is 3.56. The first-order valence-corrected chi connectivity index (χ1v) is 8.87. The average Bonchev–Trinajstić information content (AvgIpc) is 2.70. The number of carbonyl (C=O) groups is 2. The van der Waals surface area contributed by atoms with Crippen molar-refractivity contribution in [3.8, 4) is 5.88 Å². The molecule has 1 aliphatic heterocycles. The molecule has 0 spiro atoms. The first-order chi connectivity index (χ1) is 13.1. The topological polar surface area (TPSA) is 101 Å². The van der Waals surface area contributed by atoms with Crippen molar-refractivity contribution in [3.63, 3.8) is 0 Å². The van der Waals surface area contributed by atoms with Gasteiger partial charge in [0.25, 0.3) is 11.8 Å². The number of piperazine rings is 1. The summed E-state index contributed by atoms with van der Waals surface area (Å²) in [6, 6.07) is 3.15. The summed E-state index contributed by atoms with van der Waals surface area (Å²) in [5.41, 5.74) is -0.102. The summed E-state index contributed by atoms with van der Waals surface area (Å²) in [5.74, 6) is -0.438. The van der Waals surface area contributed by atoms with Crippen LogP contribution in [0.4, 0.5) is 10.6 Å². The molecule has 3 rings (SSSR count). The van der Waals surface area contributed by atoms with Gasteiger partial charge in [-0.05, 0) is 18.7 Å². The molecule has 1 saturated heterocycles. The lowest BCUT2D eigenvalue weighted by molar-refractivity contribution is 0.100. The number of amides is 2. The van der Waals surface area contributed by atoms with Crippen LogP contribution in [0.15, 0.2) is 30.7 Å². The molecule has 2 aromatic heterocycles. The van der Waals surface area contributed by atoms with Crippen molar-refractivity contribution in [2.75, 3.05) is 38.0 Å². The first-order valence-electron chi connectivity index (χ1n) is 8.50. The highest BCUT2D eigenvalue weighted by molar-refractivity contribution is 6.30. The van der Waals surface area contributed by atoms with E-state index in [1.54, 1.807) is 17.0 Å². The third-order valence-corrected chi connectivity index (χ3v) is 4.33. The number of nitrogens with one attached hydrogen (secondary N) is 1. The number of aromatic nitrogens is 3. The summed E-state index contributed by atoms with van der Waals surface area (Å²) < 4.78 is 5.32. The molecule has 0 aromatic carbocycles. The minimum absolute atomic E-state index is 0.102. The molecule has 10 heteroatoms. The van der Waals surface area contributed by atoms with Gasteiger partial charge in [0.05, 0.1) is 5.02 Å². The van der Waals surface area contributed by atoms with Crippen LogP contribution in [0.1, 0.15) is 17.4 Å². The van der Waals surface area contributed by atoms with Crippen molar-refractivity contribution in [3.05, 3.63) is 41.4 Å². The first kappa shape index (κ1) is 19.0. The van der Waals surface area contributed by atoms with Crippen molar-refractivity contribution < 1.29 is 14.3 Å². The van der Waals surface area contributed by atoms with Gasteiger partial charge >= 0.3 is 6.09 Å². The highest BCUT2D eigenvalue weighted by atomic mass is 35.5. The minimum Gasteiger partial charge on any atom is -0.388 e. The van der Waals surface area contributed by atoms with Crippen LogP contribution in [0.25, 0.3) is 0 Å². The largest absolute Gasteiger partial charge is 0.416 e. The lowest BCUT2D eigenvalue weighted by Gasteiger charge is -2.33. The average molecular weight is 391 g/mol. The quantitative estimate of drug-likeness (QED) is 0.850. The summed E-state index contributed by atoms with van der Waals surface area (Å²) in [7, 11) is 0. The zero-order valence-corrected chi connectivity index (χ0v) is 15.5. The Hall–Kier alpha value is -2.78. The number of likely N-dealkylation sites (N-methyl/N-ethyl adjacent to an activating group) is 1. The zero-order chi connectivity index (χ0) is 19.2. The highest BCUT2D eigenvalue weighted by Crippen LogP contribution is 2.16. The van der Waals surface area contributed by atoms with E-state index in [9.17, 15) is 9.59 Å². The third kappa shape index (κ3) is 4.89. The lowest BCUT2D eigenvalue weighted by atomic mass is 10.3.